The van der Waals surface area contributed by atoms with E-state index in [2.05, 4.69) is 36.8 Å². The van der Waals surface area contributed by atoms with Crippen LogP contribution in [0.5, 0.6) is 0 Å². The Labute approximate surface area is 92.0 Å². The van der Waals surface area contributed by atoms with Crippen molar-refractivity contribution in [1.82, 2.24) is 4.90 Å². The lowest BCUT2D eigenvalue weighted by atomic mass is 9.92. The zero-order valence-electron chi connectivity index (χ0n) is 9.57. The van der Waals surface area contributed by atoms with E-state index in [9.17, 15) is 4.79 Å². The van der Waals surface area contributed by atoms with Crippen molar-refractivity contribution in [2.45, 2.75) is 19.8 Å². The maximum absolute atomic E-state index is 10.4. The number of carbonyl (C=O) groups is 1. The summed E-state index contributed by atoms with van der Waals surface area (Å²) in [5.74, 6) is 0.372. The number of rotatable bonds is 3. The average molecular weight is 205 g/mol. The number of aldehydes is 1. The molecule has 2 heteroatoms. The first-order valence-corrected chi connectivity index (χ1v) is 5.35. The fraction of sp³-hybridized carbons (Fsp3) is 0.462. The van der Waals surface area contributed by atoms with Crippen LogP contribution in [0, 0.1) is 5.92 Å². The zero-order valence-corrected chi connectivity index (χ0v) is 9.57. The number of hydrogen-bond donors (Lipinski definition) is 0. The Kier molecular flexibility index (Phi) is 4.35. The molecule has 1 aliphatic rings. The molecule has 0 amide bonds. The minimum Gasteiger partial charge on any atom is -0.376 e. The maximum atomic E-state index is 10.4. The van der Waals surface area contributed by atoms with Crippen LogP contribution < -0.4 is 0 Å². The quantitative estimate of drug-likeness (QED) is 0.521. The van der Waals surface area contributed by atoms with Crippen LogP contribution in [0.4, 0.5) is 0 Å². The van der Waals surface area contributed by atoms with Gasteiger partial charge >= 0.3 is 0 Å². The molecule has 0 saturated carbocycles. The molecule has 0 fully saturated rings. The normalized spacial score (nSPS) is 27.6. The van der Waals surface area contributed by atoms with Gasteiger partial charge in [-0.05, 0) is 23.5 Å². The van der Waals surface area contributed by atoms with Gasteiger partial charge in [0.05, 0.1) is 0 Å². The van der Waals surface area contributed by atoms with Gasteiger partial charge in [-0.25, -0.2) is 0 Å². The van der Waals surface area contributed by atoms with Crippen LogP contribution >= 0.6 is 0 Å². The molecule has 15 heavy (non-hydrogen) atoms. The van der Waals surface area contributed by atoms with Crippen molar-refractivity contribution >= 4 is 6.29 Å². The Morgan fingerprint density at radius 1 is 1.67 bits per heavy atom. The second-order valence-corrected chi connectivity index (χ2v) is 4.04. The number of nitrogens with zero attached hydrogens (tertiary/aromatic N) is 1. The molecule has 2 nitrogen and oxygen atoms in total. The molecule has 1 unspecified atom stereocenters. The summed E-state index contributed by atoms with van der Waals surface area (Å²) in [5, 5.41) is 0. The van der Waals surface area contributed by atoms with Crippen molar-refractivity contribution in [3.05, 3.63) is 36.1 Å². The van der Waals surface area contributed by atoms with Crippen molar-refractivity contribution in [1.29, 1.82) is 0 Å². The van der Waals surface area contributed by atoms with E-state index in [1.165, 1.54) is 5.57 Å². The van der Waals surface area contributed by atoms with E-state index < -0.39 is 0 Å². The highest BCUT2D eigenvalue weighted by molar-refractivity contribution is 5.51. The molecule has 1 heterocycles. The predicted molar refractivity (Wildman–Crippen MR) is 63.5 cm³/mol. The van der Waals surface area contributed by atoms with Gasteiger partial charge in [0.1, 0.15) is 6.29 Å². The topological polar surface area (TPSA) is 20.3 Å². The predicted octanol–water partition coefficient (Wildman–Crippen LogP) is 2.54. The van der Waals surface area contributed by atoms with Gasteiger partial charge in [0.15, 0.2) is 0 Å². The van der Waals surface area contributed by atoms with E-state index in [0.29, 0.717) is 12.3 Å². The Morgan fingerprint density at radius 3 is 3.07 bits per heavy atom. The largest absolute Gasteiger partial charge is 0.376 e. The number of hydrogen-bond acceptors (Lipinski definition) is 2. The van der Waals surface area contributed by atoms with E-state index in [4.69, 9.17) is 0 Å². The molecule has 0 aromatic heterocycles. The van der Waals surface area contributed by atoms with Gasteiger partial charge in [-0.1, -0.05) is 25.7 Å². The lowest BCUT2D eigenvalue weighted by molar-refractivity contribution is -0.107. The van der Waals surface area contributed by atoms with Crippen molar-refractivity contribution < 1.29 is 4.79 Å². The summed E-state index contributed by atoms with van der Waals surface area (Å²) >= 11 is 0. The monoisotopic (exact) mass is 205 g/mol. The zero-order chi connectivity index (χ0) is 11.3. The maximum Gasteiger partial charge on any atom is 0.120 e. The smallest absolute Gasteiger partial charge is 0.120 e. The molecule has 1 rings (SSSR count). The van der Waals surface area contributed by atoms with Crippen molar-refractivity contribution in [2.75, 3.05) is 13.6 Å². The van der Waals surface area contributed by atoms with Crippen LogP contribution in [0.25, 0.3) is 0 Å². The molecule has 0 aromatic carbocycles. The highest BCUT2D eigenvalue weighted by atomic mass is 16.1. The van der Waals surface area contributed by atoms with Crippen LogP contribution in [0.15, 0.2) is 36.1 Å². The van der Waals surface area contributed by atoms with Crippen LogP contribution in [0.2, 0.25) is 0 Å². The van der Waals surface area contributed by atoms with Crippen molar-refractivity contribution in [3.8, 4) is 0 Å². The summed E-state index contributed by atoms with van der Waals surface area (Å²) in [4.78, 5) is 12.5. The molecule has 82 valence electrons. The first kappa shape index (κ1) is 11.8. The molecule has 1 atom stereocenters. The van der Waals surface area contributed by atoms with Crippen LogP contribution in [0.3, 0.4) is 0 Å². The van der Waals surface area contributed by atoms with E-state index in [0.717, 1.165) is 24.8 Å². The third-order valence-corrected chi connectivity index (χ3v) is 2.69. The van der Waals surface area contributed by atoms with Gasteiger partial charge < -0.3 is 9.69 Å². The van der Waals surface area contributed by atoms with E-state index >= 15 is 0 Å². The second kappa shape index (κ2) is 5.54. The minimum absolute atomic E-state index is 0.372. The molecule has 0 bridgehead atoms. The van der Waals surface area contributed by atoms with E-state index in [-0.39, 0.29) is 0 Å². The number of carbonyl (C=O) groups excluding carboxylic acids is 1. The molecule has 1 aliphatic heterocycles. The third-order valence-electron chi connectivity index (χ3n) is 2.69. The van der Waals surface area contributed by atoms with E-state index in [1.54, 1.807) is 0 Å². The highest BCUT2D eigenvalue weighted by Gasteiger charge is 2.11. The van der Waals surface area contributed by atoms with Crippen molar-refractivity contribution in [2.24, 2.45) is 5.92 Å². The lowest BCUT2D eigenvalue weighted by Gasteiger charge is -2.22. The summed E-state index contributed by atoms with van der Waals surface area (Å²) in [6, 6.07) is 0. The standard InChI is InChI=1S/C13H19NO/c1-11-6-4-8-14(3)10-13(12(11)2)7-5-9-15/h4,6,9-11H,2,5,7-8H2,1,3H3/b6-4-,13-10-. The number of allylic oxidation sites excluding steroid dienone is 3. The van der Waals surface area contributed by atoms with Gasteiger partial charge in [0.2, 0.25) is 0 Å². The molecule has 0 aliphatic carbocycles. The molecular weight excluding hydrogens is 186 g/mol. The fourth-order valence-corrected chi connectivity index (χ4v) is 1.68. The van der Waals surface area contributed by atoms with Gasteiger partial charge in [0.25, 0.3) is 0 Å². The Bertz CT molecular complexity index is 302. The van der Waals surface area contributed by atoms with Crippen LogP contribution in [-0.4, -0.2) is 24.8 Å². The third kappa shape index (κ3) is 3.39. The molecule has 0 radical (unpaired) electrons. The molecule has 0 saturated heterocycles. The first-order chi connectivity index (χ1) is 7.15. The van der Waals surface area contributed by atoms with Crippen molar-refractivity contribution in [3.63, 3.8) is 0 Å². The summed E-state index contributed by atoms with van der Waals surface area (Å²) in [6.07, 6.45) is 8.77. The van der Waals surface area contributed by atoms with Crippen LogP contribution in [0.1, 0.15) is 19.8 Å². The minimum atomic E-state index is 0.372. The highest BCUT2D eigenvalue weighted by Crippen LogP contribution is 2.24. The summed E-state index contributed by atoms with van der Waals surface area (Å²) in [6.45, 7) is 7.16. The van der Waals surface area contributed by atoms with Gasteiger partial charge in [-0.2, -0.15) is 0 Å². The Hall–Kier alpha value is -1.31. The molecule has 0 spiro atoms. The van der Waals surface area contributed by atoms with E-state index in [1.807, 2.05) is 7.05 Å². The SMILES string of the molecule is C=C1/C(CCC=O)=C\N(C)C/C=C\C1C. The fourth-order valence-electron chi connectivity index (χ4n) is 1.68. The first-order valence-electron chi connectivity index (χ1n) is 5.35. The molecule has 0 N–H and O–H groups in total. The summed E-state index contributed by atoms with van der Waals surface area (Å²) in [5.41, 5.74) is 2.32. The number of likely N-dealkylation sites (N-methyl/N-ethyl adjacent to an activating group) is 1. The van der Waals surface area contributed by atoms with Crippen LogP contribution in [-0.2, 0) is 4.79 Å². The average Bonchev–Trinajstić information content (AvgIpc) is 2.21. The van der Waals surface area contributed by atoms with Gasteiger partial charge in [0, 0.05) is 26.2 Å². The van der Waals surface area contributed by atoms with Gasteiger partial charge in [-0.15, -0.1) is 0 Å². The summed E-state index contributed by atoms with van der Waals surface area (Å²) in [7, 11) is 2.04. The van der Waals surface area contributed by atoms with Gasteiger partial charge in [-0.3, -0.25) is 0 Å². The Balaban J connectivity index is 2.81. The molecular formula is C13H19NO. The lowest BCUT2D eigenvalue weighted by Crippen LogP contribution is -2.15. The summed E-state index contributed by atoms with van der Waals surface area (Å²) < 4.78 is 0. The second-order valence-electron chi connectivity index (χ2n) is 4.04. The molecule has 0 aromatic rings. The Morgan fingerprint density at radius 2 is 2.40 bits per heavy atom.